The normalized spacial score (nSPS) is 20.7. The molecule has 0 radical (unpaired) electrons. The summed E-state index contributed by atoms with van der Waals surface area (Å²) in [6.07, 6.45) is 0.397. The van der Waals surface area contributed by atoms with Crippen LogP contribution in [-0.4, -0.2) is 35.2 Å². The van der Waals surface area contributed by atoms with Crippen molar-refractivity contribution in [2.75, 3.05) is 13.1 Å². The molecule has 126 valence electrons. The van der Waals surface area contributed by atoms with Crippen molar-refractivity contribution < 1.29 is 9.47 Å². The molecule has 3 nitrogen and oxygen atoms in total. The van der Waals surface area contributed by atoms with Crippen molar-refractivity contribution in [3.05, 3.63) is 65.7 Å². The van der Waals surface area contributed by atoms with Crippen LogP contribution in [0.2, 0.25) is 0 Å². The molecule has 2 atom stereocenters. The van der Waals surface area contributed by atoms with Crippen molar-refractivity contribution in [1.29, 1.82) is 0 Å². The van der Waals surface area contributed by atoms with E-state index in [2.05, 4.69) is 30.9 Å². The number of rotatable bonds is 4. The van der Waals surface area contributed by atoms with Gasteiger partial charge in [-0.2, -0.15) is 0 Å². The Balaban J connectivity index is 1.67. The van der Waals surface area contributed by atoms with Crippen molar-refractivity contribution in [2.45, 2.75) is 32.7 Å². The lowest BCUT2D eigenvalue weighted by atomic mass is 10.1. The molecule has 0 unspecified atom stereocenters. The standard InChI is InChI=1S/C20H23NO2S/c1-15-12-21(13-16(2)23-15)20(24)18-9-6-10-19(11-18)22-14-17-7-4-3-5-8-17/h3-11,15-16H,12-14H2,1-2H3/t15-,16+. The molecular weight excluding hydrogens is 318 g/mol. The van der Waals surface area contributed by atoms with Crippen molar-refractivity contribution in [3.63, 3.8) is 0 Å². The number of nitrogens with zero attached hydrogens (tertiary/aromatic N) is 1. The van der Waals surface area contributed by atoms with Gasteiger partial charge in [0.15, 0.2) is 0 Å². The van der Waals surface area contributed by atoms with E-state index < -0.39 is 0 Å². The fourth-order valence-corrected chi connectivity index (χ4v) is 3.26. The van der Waals surface area contributed by atoms with Gasteiger partial charge in [-0.25, -0.2) is 0 Å². The summed E-state index contributed by atoms with van der Waals surface area (Å²) >= 11 is 5.70. The molecule has 24 heavy (non-hydrogen) atoms. The number of morpholine rings is 1. The van der Waals surface area contributed by atoms with Gasteiger partial charge in [-0.15, -0.1) is 0 Å². The highest BCUT2D eigenvalue weighted by Crippen LogP contribution is 2.20. The number of hydrogen-bond acceptors (Lipinski definition) is 3. The van der Waals surface area contributed by atoms with Gasteiger partial charge in [-0.1, -0.05) is 54.7 Å². The fourth-order valence-electron chi connectivity index (χ4n) is 2.99. The monoisotopic (exact) mass is 341 g/mol. The van der Waals surface area contributed by atoms with Gasteiger partial charge in [0.05, 0.1) is 12.2 Å². The van der Waals surface area contributed by atoms with E-state index >= 15 is 0 Å². The first-order valence-electron chi connectivity index (χ1n) is 8.33. The molecule has 2 aromatic carbocycles. The first kappa shape index (κ1) is 16.9. The van der Waals surface area contributed by atoms with Crippen LogP contribution in [0.25, 0.3) is 0 Å². The smallest absolute Gasteiger partial charge is 0.120 e. The topological polar surface area (TPSA) is 21.7 Å². The highest BCUT2D eigenvalue weighted by Gasteiger charge is 2.24. The van der Waals surface area contributed by atoms with E-state index in [1.54, 1.807) is 0 Å². The van der Waals surface area contributed by atoms with Crippen molar-refractivity contribution in [1.82, 2.24) is 4.90 Å². The van der Waals surface area contributed by atoms with E-state index in [9.17, 15) is 0 Å². The molecule has 0 aliphatic carbocycles. The number of hydrogen-bond donors (Lipinski definition) is 0. The van der Waals surface area contributed by atoms with Crippen LogP contribution in [0.4, 0.5) is 0 Å². The van der Waals surface area contributed by atoms with Gasteiger partial charge in [0.1, 0.15) is 17.3 Å². The Labute approximate surface area is 149 Å². The minimum Gasteiger partial charge on any atom is -0.489 e. The Morgan fingerprint density at radius 2 is 1.79 bits per heavy atom. The molecule has 0 amide bonds. The second-order valence-corrected chi connectivity index (χ2v) is 6.66. The molecule has 1 saturated heterocycles. The molecule has 4 heteroatoms. The molecule has 1 heterocycles. The summed E-state index contributed by atoms with van der Waals surface area (Å²) in [5.74, 6) is 0.841. The summed E-state index contributed by atoms with van der Waals surface area (Å²) in [5, 5.41) is 0. The molecule has 2 aromatic rings. The maximum absolute atomic E-state index is 5.91. The molecule has 0 bridgehead atoms. The third-order valence-corrected chi connectivity index (χ3v) is 4.53. The maximum Gasteiger partial charge on any atom is 0.120 e. The van der Waals surface area contributed by atoms with E-state index in [1.807, 2.05) is 42.5 Å². The average Bonchev–Trinajstić information content (AvgIpc) is 2.59. The number of ether oxygens (including phenoxy) is 2. The van der Waals surface area contributed by atoms with Gasteiger partial charge in [0, 0.05) is 18.7 Å². The van der Waals surface area contributed by atoms with Crippen LogP contribution in [0.5, 0.6) is 5.75 Å². The predicted octanol–water partition coefficient (Wildman–Crippen LogP) is 4.05. The lowest BCUT2D eigenvalue weighted by molar-refractivity contribution is -0.0472. The third-order valence-electron chi connectivity index (χ3n) is 4.04. The number of thiocarbonyl (C=S) groups is 1. The fraction of sp³-hybridized carbons (Fsp3) is 0.350. The zero-order valence-corrected chi connectivity index (χ0v) is 15.0. The van der Waals surface area contributed by atoms with Crippen LogP contribution in [-0.2, 0) is 11.3 Å². The van der Waals surface area contributed by atoms with E-state index in [-0.39, 0.29) is 12.2 Å². The Morgan fingerprint density at radius 3 is 2.50 bits per heavy atom. The summed E-state index contributed by atoms with van der Waals surface area (Å²) in [6, 6.07) is 18.2. The summed E-state index contributed by atoms with van der Waals surface area (Å²) < 4.78 is 11.7. The van der Waals surface area contributed by atoms with E-state index in [1.165, 1.54) is 0 Å². The van der Waals surface area contributed by atoms with Crippen LogP contribution in [0.15, 0.2) is 54.6 Å². The lowest BCUT2D eigenvalue weighted by Gasteiger charge is -2.37. The molecular formula is C20H23NO2S. The second-order valence-electron chi connectivity index (χ2n) is 6.27. The second kappa shape index (κ2) is 7.77. The summed E-state index contributed by atoms with van der Waals surface area (Å²) in [7, 11) is 0. The lowest BCUT2D eigenvalue weighted by Crippen LogP contribution is -2.47. The Bertz CT molecular complexity index is 679. The highest BCUT2D eigenvalue weighted by atomic mass is 32.1. The van der Waals surface area contributed by atoms with E-state index in [0.717, 1.165) is 35.0 Å². The van der Waals surface area contributed by atoms with Gasteiger partial charge >= 0.3 is 0 Å². The predicted molar refractivity (Wildman–Crippen MR) is 100 cm³/mol. The summed E-state index contributed by atoms with van der Waals surface area (Å²) in [5.41, 5.74) is 2.18. The Morgan fingerprint density at radius 1 is 1.08 bits per heavy atom. The molecule has 0 spiro atoms. The van der Waals surface area contributed by atoms with Crippen molar-refractivity contribution in [2.24, 2.45) is 0 Å². The van der Waals surface area contributed by atoms with E-state index in [4.69, 9.17) is 21.7 Å². The minimum absolute atomic E-state index is 0.198. The maximum atomic E-state index is 5.91. The van der Waals surface area contributed by atoms with Crippen LogP contribution in [0, 0.1) is 0 Å². The summed E-state index contributed by atoms with van der Waals surface area (Å²) in [6.45, 7) is 6.40. The Hall–Kier alpha value is -1.91. The first-order valence-corrected chi connectivity index (χ1v) is 8.74. The largest absolute Gasteiger partial charge is 0.489 e. The Kier molecular flexibility index (Phi) is 5.48. The van der Waals surface area contributed by atoms with Crippen LogP contribution in [0.1, 0.15) is 25.0 Å². The average molecular weight is 341 g/mol. The minimum atomic E-state index is 0.198. The SMILES string of the molecule is C[C@@H]1CN(C(=S)c2cccc(OCc3ccccc3)c2)C[C@H](C)O1. The highest BCUT2D eigenvalue weighted by molar-refractivity contribution is 7.80. The van der Waals surface area contributed by atoms with Gasteiger partial charge in [-0.3, -0.25) is 0 Å². The molecule has 0 N–H and O–H groups in total. The van der Waals surface area contributed by atoms with Crippen LogP contribution < -0.4 is 4.74 Å². The molecule has 3 rings (SSSR count). The number of benzene rings is 2. The van der Waals surface area contributed by atoms with Crippen LogP contribution in [0.3, 0.4) is 0 Å². The molecule has 1 aliphatic rings. The van der Waals surface area contributed by atoms with Crippen molar-refractivity contribution >= 4 is 17.2 Å². The van der Waals surface area contributed by atoms with Crippen molar-refractivity contribution in [3.8, 4) is 5.75 Å². The third kappa shape index (κ3) is 4.34. The molecule has 0 aromatic heterocycles. The summed E-state index contributed by atoms with van der Waals surface area (Å²) in [4.78, 5) is 3.09. The van der Waals surface area contributed by atoms with Gasteiger partial charge < -0.3 is 14.4 Å². The zero-order chi connectivity index (χ0) is 16.9. The zero-order valence-electron chi connectivity index (χ0n) is 14.1. The molecule has 1 aliphatic heterocycles. The van der Waals surface area contributed by atoms with Gasteiger partial charge in [0.25, 0.3) is 0 Å². The van der Waals surface area contributed by atoms with Gasteiger partial charge in [-0.05, 0) is 31.5 Å². The van der Waals surface area contributed by atoms with E-state index in [0.29, 0.717) is 6.61 Å². The van der Waals surface area contributed by atoms with Crippen LogP contribution >= 0.6 is 12.2 Å². The quantitative estimate of drug-likeness (QED) is 0.782. The first-order chi connectivity index (χ1) is 11.6. The van der Waals surface area contributed by atoms with Gasteiger partial charge in [0.2, 0.25) is 0 Å². The molecule has 1 fully saturated rings. The molecule has 0 saturated carbocycles.